The van der Waals surface area contributed by atoms with Crippen molar-refractivity contribution in [2.24, 2.45) is 0 Å². The minimum absolute atomic E-state index is 0.287. The Morgan fingerprint density at radius 2 is 2.12 bits per heavy atom. The number of pyridine rings is 1. The molecule has 1 aromatic carbocycles. The molecule has 5 heteroatoms. The van der Waals surface area contributed by atoms with Crippen LogP contribution in [0.2, 0.25) is 0 Å². The fourth-order valence-corrected chi connectivity index (χ4v) is 1.89. The van der Waals surface area contributed by atoms with Gasteiger partial charge < -0.3 is 0 Å². The molecule has 0 atom stereocenters. The number of halogens is 1. The maximum absolute atomic E-state index is 13.7. The molecule has 2 heterocycles. The number of aromatic nitrogens is 3. The zero-order valence-electron chi connectivity index (χ0n) is 8.47. The number of nitrogens with one attached hydrogen (secondary N) is 2. The highest BCUT2D eigenvalue weighted by Gasteiger charge is 2.11. The average molecular weight is 217 g/mol. The molecule has 0 radical (unpaired) electrons. The summed E-state index contributed by atoms with van der Waals surface area (Å²) in [5.74, 6) is -0.381. The molecule has 4 nitrogen and oxygen atoms in total. The van der Waals surface area contributed by atoms with Gasteiger partial charge >= 0.3 is 0 Å². The van der Waals surface area contributed by atoms with Gasteiger partial charge in [-0.2, -0.15) is 0 Å². The number of aryl methyl sites for hydroxylation is 1. The molecule has 3 aromatic rings. The third kappa shape index (κ3) is 1.02. The quantitative estimate of drug-likeness (QED) is 0.603. The molecule has 0 unspecified atom stereocenters. The Bertz CT molecular complexity index is 757. The SMILES string of the molecule is Cc1ccc(F)c2c1ncc1c(=O)[nH][nH]c12. The van der Waals surface area contributed by atoms with Crippen LogP contribution in [-0.2, 0) is 0 Å². The number of H-pyrrole nitrogens is 2. The van der Waals surface area contributed by atoms with Gasteiger partial charge in [-0.25, -0.2) is 4.39 Å². The van der Waals surface area contributed by atoms with Gasteiger partial charge in [0.1, 0.15) is 5.82 Å². The fourth-order valence-electron chi connectivity index (χ4n) is 1.89. The van der Waals surface area contributed by atoms with Crippen LogP contribution in [0.5, 0.6) is 0 Å². The molecule has 0 aliphatic rings. The Hall–Kier alpha value is -2.17. The second-order valence-electron chi connectivity index (χ2n) is 3.71. The van der Waals surface area contributed by atoms with E-state index in [9.17, 15) is 9.18 Å². The van der Waals surface area contributed by atoms with Crippen LogP contribution in [0.3, 0.4) is 0 Å². The predicted octanol–water partition coefficient (Wildman–Crippen LogP) is 1.85. The lowest BCUT2D eigenvalue weighted by atomic mass is 10.1. The summed E-state index contributed by atoms with van der Waals surface area (Å²) in [5, 5.41) is 5.84. The molecule has 0 spiro atoms. The van der Waals surface area contributed by atoms with Crippen LogP contribution in [0.15, 0.2) is 23.1 Å². The Kier molecular flexibility index (Phi) is 1.65. The molecular weight excluding hydrogens is 209 g/mol. The monoisotopic (exact) mass is 217 g/mol. The van der Waals surface area contributed by atoms with Crippen molar-refractivity contribution in [3.63, 3.8) is 0 Å². The van der Waals surface area contributed by atoms with Crippen molar-refractivity contribution in [2.45, 2.75) is 6.92 Å². The third-order valence-electron chi connectivity index (χ3n) is 2.72. The summed E-state index contributed by atoms with van der Waals surface area (Å²) in [6, 6.07) is 3.05. The molecule has 2 aromatic heterocycles. The largest absolute Gasteiger partial charge is 0.297 e. The first-order valence-electron chi connectivity index (χ1n) is 4.82. The predicted molar refractivity (Wildman–Crippen MR) is 58.9 cm³/mol. The van der Waals surface area contributed by atoms with E-state index in [1.165, 1.54) is 12.3 Å². The second-order valence-corrected chi connectivity index (χ2v) is 3.71. The number of hydrogen-bond donors (Lipinski definition) is 2. The van der Waals surface area contributed by atoms with Gasteiger partial charge in [-0.05, 0) is 18.6 Å². The molecule has 2 N–H and O–H groups in total. The number of aromatic amines is 2. The minimum atomic E-state index is -0.381. The Labute approximate surface area is 89.1 Å². The van der Waals surface area contributed by atoms with E-state index in [4.69, 9.17) is 0 Å². The summed E-state index contributed by atoms with van der Waals surface area (Å²) in [5.41, 5.74) is 1.63. The van der Waals surface area contributed by atoms with Gasteiger partial charge in [-0.1, -0.05) is 6.07 Å². The van der Waals surface area contributed by atoms with Gasteiger partial charge in [0.25, 0.3) is 5.56 Å². The van der Waals surface area contributed by atoms with E-state index < -0.39 is 0 Å². The maximum Gasteiger partial charge on any atom is 0.273 e. The van der Waals surface area contributed by atoms with Crippen molar-refractivity contribution in [3.05, 3.63) is 40.1 Å². The van der Waals surface area contributed by atoms with Crippen LogP contribution < -0.4 is 5.56 Å². The minimum Gasteiger partial charge on any atom is -0.297 e. The average Bonchev–Trinajstić information content (AvgIpc) is 2.66. The van der Waals surface area contributed by atoms with Crippen molar-refractivity contribution >= 4 is 21.8 Å². The molecule has 0 aliphatic heterocycles. The molecule has 0 saturated heterocycles. The van der Waals surface area contributed by atoms with E-state index in [1.54, 1.807) is 6.07 Å². The van der Waals surface area contributed by atoms with Crippen LogP contribution in [0.4, 0.5) is 4.39 Å². The number of fused-ring (bicyclic) bond motifs is 3. The maximum atomic E-state index is 13.7. The first kappa shape index (κ1) is 9.08. The van der Waals surface area contributed by atoms with Gasteiger partial charge in [0, 0.05) is 6.20 Å². The highest BCUT2D eigenvalue weighted by molar-refractivity contribution is 6.03. The molecule has 0 fully saturated rings. The van der Waals surface area contributed by atoms with Crippen LogP contribution >= 0.6 is 0 Å². The Morgan fingerprint density at radius 1 is 1.31 bits per heavy atom. The number of benzene rings is 1. The van der Waals surface area contributed by atoms with Gasteiger partial charge in [-0.3, -0.25) is 20.0 Å². The first-order valence-corrected chi connectivity index (χ1v) is 4.82. The van der Waals surface area contributed by atoms with Crippen LogP contribution in [-0.4, -0.2) is 15.2 Å². The Morgan fingerprint density at radius 3 is 2.94 bits per heavy atom. The zero-order valence-corrected chi connectivity index (χ0v) is 8.47. The molecule has 0 saturated carbocycles. The lowest BCUT2D eigenvalue weighted by Crippen LogP contribution is -1.98. The van der Waals surface area contributed by atoms with Crippen molar-refractivity contribution in [2.75, 3.05) is 0 Å². The number of nitrogens with zero attached hydrogens (tertiary/aromatic N) is 1. The van der Waals surface area contributed by atoms with E-state index in [0.717, 1.165) is 5.56 Å². The molecule has 16 heavy (non-hydrogen) atoms. The van der Waals surface area contributed by atoms with E-state index in [2.05, 4.69) is 15.2 Å². The number of hydrogen-bond acceptors (Lipinski definition) is 2. The molecule has 0 aliphatic carbocycles. The molecule has 0 bridgehead atoms. The molecule has 80 valence electrons. The highest BCUT2D eigenvalue weighted by atomic mass is 19.1. The van der Waals surface area contributed by atoms with Gasteiger partial charge in [0.05, 0.1) is 21.8 Å². The molecular formula is C11H8FN3O. The van der Waals surface area contributed by atoms with Gasteiger partial charge in [-0.15, -0.1) is 0 Å². The summed E-state index contributed by atoms with van der Waals surface area (Å²) in [6.07, 6.45) is 1.46. The van der Waals surface area contributed by atoms with E-state index in [1.807, 2.05) is 6.92 Å². The van der Waals surface area contributed by atoms with Crippen LogP contribution in [0.25, 0.3) is 21.8 Å². The smallest absolute Gasteiger partial charge is 0.273 e. The standard InChI is InChI=1S/C11H8FN3O/c1-5-2-3-7(12)8-9(5)13-4-6-10(8)14-15-11(6)16/h2-4H,1H3,(H2,14,15,16). The first-order chi connectivity index (χ1) is 7.68. The van der Waals surface area contributed by atoms with E-state index >= 15 is 0 Å². The summed E-state index contributed by atoms with van der Waals surface area (Å²) in [6.45, 7) is 1.85. The van der Waals surface area contributed by atoms with Crippen molar-refractivity contribution in [3.8, 4) is 0 Å². The van der Waals surface area contributed by atoms with E-state index in [-0.39, 0.29) is 11.4 Å². The second kappa shape index (κ2) is 2.91. The Balaban J connectivity index is 2.70. The van der Waals surface area contributed by atoms with Gasteiger partial charge in [0.2, 0.25) is 0 Å². The van der Waals surface area contributed by atoms with Crippen LogP contribution in [0, 0.1) is 12.7 Å². The van der Waals surface area contributed by atoms with E-state index in [0.29, 0.717) is 21.8 Å². The topological polar surface area (TPSA) is 61.5 Å². The third-order valence-corrected chi connectivity index (χ3v) is 2.72. The zero-order chi connectivity index (χ0) is 11.3. The highest BCUT2D eigenvalue weighted by Crippen LogP contribution is 2.24. The number of rotatable bonds is 0. The lowest BCUT2D eigenvalue weighted by molar-refractivity contribution is 0.640. The molecule has 0 amide bonds. The normalized spacial score (nSPS) is 11.4. The summed E-state index contributed by atoms with van der Waals surface area (Å²) in [7, 11) is 0. The van der Waals surface area contributed by atoms with Crippen molar-refractivity contribution in [1.82, 2.24) is 15.2 Å². The van der Waals surface area contributed by atoms with Crippen LogP contribution in [0.1, 0.15) is 5.56 Å². The summed E-state index contributed by atoms with van der Waals surface area (Å²) < 4.78 is 13.7. The van der Waals surface area contributed by atoms with Gasteiger partial charge in [0.15, 0.2) is 0 Å². The lowest BCUT2D eigenvalue weighted by Gasteiger charge is -2.02. The molecule has 3 rings (SSSR count). The van der Waals surface area contributed by atoms with Crippen molar-refractivity contribution < 1.29 is 4.39 Å². The summed E-state index contributed by atoms with van der Waals surface area (Å²) in [4.78, 5) is 15.5. The summed E-state index contributed by atoms with van der Waals surface area (Å²) >= 11 is 0. The fraction of sp³-hybridized carbons (Fsp3) is 0.0909. The van der Waals surface area contributed by atoms with Crippen molar-refractivity contribution in [1.29, 1.82) is 0 Å².